The lowest BCUT2D eigenvalue weighted by Crippen LogP contribution is -2.14. The molecule has 100 valence electrons. The largest absolute Gasteiger partial charge is 0.308 e. The lowest BCUT2D eigenvalue weighted by Gasteiger charge is -2.15. The third kappa shape index (κ3) is 2.93. The van der Waals surface area contributed by atoms with E-state index in [1.54, 1.807) is 0 Å². The van der Waals surface area contributed by atoms with Crippen molar-refractivity contribution in [2.75, 3.05) is 5.43 Å². The molecular weight excluding hydrogens is 304 g/mol. The highest BCUT2D eigenvalue weighted by Gasteiger charge is 2.14. The van der Waals surface area contributed by atoms with Crippen LogP contribution < -0.4 is 11.3 Å². The van der Waals surface area contributed by atoms with Crippen LogP contribution in [0.25, 0.3) is 11.4 Å². The molecule has 0 radical (unpaired) electrons. The molecule has 3 N–H and O–H groups in total. The minimum absolute atomic E-state index is 0.324. The van der Waals surface area contributed by atoms with Crippen molar-refractivity contribution in [1.29, 1.82) is 0 Å². The number of hydrazine groups is 1. The second-order valence-electron chi connectivity index (χ2n) is 4.70. The lowest BCUT2D eigenvalue weighted by molar-refractivity contribution is 0.832. The van der Waals surface area contributed by atoms with Crippen molar-refractivity contribution in [1.82, 2.24) is 9.97 Å². The number of nitrogens with two attached hydrogens (primary N) is 1. The summed E-state index contributed by atoms with van der Waals surface area (Å²) < 4.78 is 1.03. The molecule has 19 heavy (non-hydrogen) atoms. The molecule has 4 nitrogen and oxygen atoms in total. The molecule has 0 spiro atoms. The molecule has 0 saturated heterocycles. The Hall–Kier alpha value is -1.46. The second kappa shape index (κ2) is 5.67. The number of aromatic nitrogens is 2. The van der Waals surface area contributed by atoms with E-state index in [9.17, 15) is 0 Å². The van der Waals surface area contributed by atoms with Crippen molar-refractivity contribution in [2.24, 2.45) is 5.84 Å². The fraction of sp³-hybridized carbons (Fsp3) is 0.286. The summed E-state index contributed by atoms with van der Waals surface area (Å²) in [7, 11) is 0. The molecule has 1 heterocycles. The average molecular weight is 321 g/mol. The summed E-state index contributed by atoms with van der Waals surface area (Å²) >= 11 is 3.42. The normalized spacial score (nSPS) is 10.8. The van der Waals surface area contributed by atoms with Crippen molar-refractivity contribution >= 4 is 21.7 Å². The Kier molecular flexibility index (Phi) is 4.17. The van der Waals surface area contributed by atoms with Gasteiger partial charge in [-0.05, 0) is 25.0 Å². The van der Waals surface area contributed by atoms with Crippen LogP contribution in [0.5, 0.6) is 0 Å². The molecule has 1 aromatic heterocycles. The number of aryl methyl sites for hydroxylation is 1. The zero-order valence-electron chi connectivity index (χ0n) is 11.2. The maximum absolute atomic E-state index is 5.58. The van der Waals surface area contributed by atoms with Crippen LogP contribution in [0.1, 0.15) is 31.0 Å². The number of hydrogen-bond donors (Lipinski definition) is 2. The van der Waals surface area contributed by atoms with Crippen molar-refractivity contribution in [3.05, 3.63) is 40.0 Å². The molecule has 0 saturated carbocycles. The van der Waals surface area contributed by atoms with E-state index in [2.05, 4.69) is 45.2 Å². The summed E-state index contributed by atoms with van der Waals surface area (Å²) in [6, 6.07) is 7.91. The van der Waals surface area contributed by atoms with Crippen molar-refractivity contribution in [2.45, 2.75) is 26.7 Å². The molecule has 2 aromatic rings. The van der Waals surface area contributed by atoms with E-state index in [0.717, 1.165) is 21.3 Å². The Balaban J connectivity index is 2.54. The summed E-state index contributed by atoms with van der Waals surface area (Å²) in [4.78, 5) is 9.09. The first-order valence-corrected chi connectivity index (χ1v) is 6.93. The summed E-state index contributed by atoms with van der Waals surface area (Å²) in [6.07, 6.45) is 0. The van der Waals surface area contributed by atoms with Crippen LogP contribution in [0.3, 0.4) is 0 Å². The van der Waals surface area contributed by atoms with Crippen LogP contribution in [-0.2, 0) is 0 Å². The fourth-order valence-corrected chi connectivity index (χ4v) is 2.38. The highest BCUT2D eigenvalue weighted by molar-refractivity contribution is 9.10. The predicted molar refractivity (Wildman–Crippen MR) is 81.8 cm³/mol. The Morgan fingerprint density at radius 1 is 1.16 bits per heavy atom. The molecule has 0 atom stereocenters. The van der Waals surface area contributed by atoms with Crippen LogP contribution in [0, 0.1) is 6.92 Å². The smallest absolute Gasteiger partial charge is 0.161 e. The van der Waals surface area contributed by atoms with E-state index in [-0.39, 0.29) is 0 Å². The van der Waals surface area contributed by atoms with E-state index >= 15 is 0 Å². The van der Waals surface area contributed by atoms with E-state index in [1.165, 1.54) is 0 Å². The molecule has 0 aliphatic heterocycles. The Labute approximate surface area is 121 Å². The summed E-state index contributed by atoms with van der Waals surface area (Å²) in [6.45, 7) is 6.19. The number of nitrogen functional groups attached to an aromatic ring is 1. The van der Waals surface area contributed by atoms with Gasteiger partial charge in [-0.1, -0.05) is 41.9 Å². The van der Waals surface area contributed by atoms with Gasteiger partial charge in [0.05, 0.1) is 0 Å². The first kappa shape index (κ1) is 14.0. The first-order valence-electron chi connectivity index (χ1n) is 6.14. The van der Waals surface area contributed by atoms with Gasteiger partial charge in [0.25, 0.3) is 0 Å². The van der Waals surface area contributed by atoms with Gasteiger partial charge in [0.1, 0.15) is 5.82 Å². The maximum atomic E-state index is 5.58. The SMILES string of the molecule is Cc1nc(-c2ccc(Br)cc2)nc(NN)c1C(C)C. The second-order valence-corrected chi connectivity index (χ2v) is 5.62. The number of benzene rings is 1. The van der Waals surface area contributed by atoms with Crippen LogP contribution >= 0.6 is 15.9 Å². The highest BCUT2D eigenvalue weighted by Crippen LogP contribution is 2.28. The third-order valence-corrected chi connectivity index (χ3v) is 3.48. The number of hydrogen-bond acceptors (Lipinski definition) is 4. The number of rotatable bonds is 3. The standard InChI is InChI=1S/C14H17BrN4/c1-8(2)12-9(3)17-13(18-14(12)19-16)10-4-6-11(15)7-5-10/h4-8H,16H2,1-3H3,(H,17,18,19). The van der Waals surface area contributed by atoms with E-state index in [0.29, 0.717) is 17.6 Å². The Bertz CT molecular complexity index is 579. The number of nitrogens with zero attached hydrogens (tertiary/aromatic N) is 2. The predicted octanol–water partition coefficient (Wildman–Crippen LogP) is 3.62. The number of halogens is 1. The molecule has 0 bridgehead atoms. The fourth-order valence-electron chi connectivity index (χ4n) is 2.11. The Morgan fingerprint density at radius 2 is 1.79 bits per heavy atom. The van der Waals surface area contributed by atoms with Gasteiger partial charge in [0.2, 0.25) is 0 Å². The van der Waals surface area contributed by atoms with Gasteiger partial charge in [0.15, 0.2) is 5.82 Å². The van der Waals surface area contributed by atoms with Gasteiger partial charge in [-0.25, -0.2) is 15.8 Å². The van der Waals surface area contributed by atoms with Crippen LogP contribution in [-0.4, -0.2) is 9.97 Å². The van der Waals surface area contributed by atoms with Gasteiger partial charge in [-0.3, -0.25) is 0 Å². The minimum atomic E-state index is 0.324. The van der Waals surface area contributed by atoms with Gasteiger partial charge < -0.3 is 5.43 Å². The summed E-state index contributed by atoms with van der Waals surface area (Å²) in [5.74, 6) is 7.28. The van der Waals surface area contributed by atoms with Crippen LogP contribution in [0.15, 0.2) is 28.7 Å². The minimum Gasteiger partial charge on any atom is -0.308 e. The molecule has 2 rings (SSSR count). The highest BCUT2D eigenvalue weighted by atomic mass is 79.9. The molecule has 0 fully saturated rings. The van der Waals surface area contributed by atoms with E-state index in [1.807, 2.05) is 31.2 Å². The van der Waals surface area contributed by atoms with Crippen LogP contribution in [0.4, 0.5) is 5.82 Å². The van der Waals surface area contributed by atoms with E-state index < -0.39 is 0 Å². The monoisotopic (exact) mass is 320 g/mol. The van der Waals surface area contributed by atoms with Gasteiger partial charge in [-0.15, -0.1) is 0 Å². The van der Waals surface area contributed by atoms with Crippen molar-refractivity contribution in [3.63, 3.8) is 0 Å². The lowest BCUT2D eigenvalue weighted by atomic mass is 10.0. The van der Waals surface area contributed by atoms with Gasteiger partial charge >= 0.3 is 0 Å². The zero-order chi connectivity index (χ0) is 14.0. The van der Waals surface area contributed by atoms with Crippen LogP contribution in [0.2, 0.25) is 0 Å². The summed E-state index contributed by atoms with van der Waals surface area (Å²) in [5.41, 5.74) is 5.66. The molecule has 0 amide bonds. The van der Waals surface area contributed by atoms with Crippen molar-refractivity contribution in [3.8, 4) is 11.4 Å². The zero-order valence-corrected chi connectivity index (χ0v) is 12.8. The number of anilines is 1. The maximum Gasteiger partial charge on any atom is 0.161 e. The third-order valence-electron chi connectivity index (χ3n) is 2.95. The first-order chi connectivity index (χ1) is 9.02. The quantitative estimate of drug-likeness (QED) is 0.669. The number of nitrogens with one attached hydrogen (secondary N) is 1. The molecule has 0 aliphatic carbocycles. The topological polar surface area (TPSA) is 63.8 Å². The summed E-state index contributed by atoms with van der Waals surface area (Å²) in [5, 5.41) is 0. The average Bonchev–Trinajstić information content (AvgIpc) is 2.38. The molecule has 0 aliphatic rings. The Morgan fingerprint density at radius 3 is 2.32 bits per heavy atom. The molecule has 1 aromatic carbocycles. The molecule has 0 unspecified atom stereocenters. The molecule has 5 heteroatoms. The van der Waals surface area contributed by atoms with Crippen molar-refractivity contribution < 1.29 is 0 Å². The van der Waals surface area contributed by atoms with Gasteiger partial charge in [0, 0.05) is 21.3 Å². The van der Waals surface area contributed by atoms with E-state index in [4.69, 9.17) is 5.84 Å². The molecular formula is C14H17BrN4. The van der Waals surface area contributed by atoms with Gasteiger partial charge in [-0.2, -0.15) is 0 Å².